The van der Waals surface area contributed by atoms with Crippen molar-refractivity contribution in [3.63, 3.8) is 0 Å². The molecule has 2 aromatic rings. The molecule has 0 fully saturated rings. The maximum absolute atomic E-state index is 12.8. The Bertz CT molecular complexity index is 417. The molecule has 0 spiro atoms. The molecule has 0 saturated heterocycles. The van der Waals surface area contributed by atoms with Crippen LogP contribution in [0.1, 0.15) is 0 Å². The Morgan fingerprint density at radius 1 is 1.21 bits per heavy atom. The van der Waals surface area contributed by atoms with Crippen LogP contribution in [-0.2, 0) is 0 Å². The fourth-order valence-corrected chi connectivity index (χ4v) is 1.48. The van der Waals surface area contributed by atoms with Crippen LogP contribution < -0.4 is 18.9 Å². The summed E-state index contributed by atoms with van der Waals surface area (Å²) >= 11 is 1.29. The fraction of sp³-hybridized carbons (Fsp3) is 0. The predicted octanol–water partition coefficient (Wildman–Crippen LogP) is -0.108. The average molecular weight is 203 g/mol. The van der Waals surface area contributed by atoms with Gasteiger partial charge in [-0.2, -0.15) is 0 Å². The molecule has 2 rings (SSSR count). The zero-order valence-corrected chi connectivity index (χ0v) is 8.24. The van der Waals surface area contributed by atoms with E-state index in [2.05, 4.69) is 10.5 Å². The molecule has 0 saturated carbocycles. The molecular formula is C9H4F2LiNS. The van der Waals surface area contributed by atoms with Gasteiger partial charge in [-0.3, -0.25) is 11.3 Å². The number of nitrogens with zero attached hydrogens (tertiary/aromatic N) is 1. The van der Waals surface area contributed by atoms with Gasteiger partial charge in [-0.25, -0.2) is 8.78 Å². The van der Waals surface area contributed by atoms with E-state index in [0.717, 1.165) is 12.1 Å². The Balaban J connectivity index is 0.000000980. The van der Waals surface area contributed by atoms with Crippen LogP contribution in [0.5, 0.6) is 0 Å². The van der Waals surface area contributed by atoms with E-state index in [0.29, 0.717) is 11.3 Å². The maximum Gasteiger partial charge on any atom is 1.00 e. The summed E-state index contributed by atoms with van der Waals surface area (Å²) in [4.78, 5) is 3.86. The second kappa shape index (κ2) is 4.70. The third kappa shape index (κ3) is 2.21. The van der Waals surface area contributed by atoms with Crippen molar-refractivity contribution in [2.45, 2.75) is 0 Å². The molecule has 0 aliphatic heterocycles. The summed E-state index contributed by atoms with van der Waals surface area (Å²) in [5, 5.41) is 1.73. The summed E-state index contributed by atoms with van der Waals surface area (Å²) in [6, 6.07) is 3.70. The molecule has 66 valence electrons. The first-order valence-corrected chi connectivity index (χ1v) is 4.42. The van der Waals surface area contributed by atoms with E-state index in [1.165, 1.54) is 17.4 Å². The number of thiazole rings is 1. The van der Waals surface area contributed by atoms with Gasteiger partial charge in [0.1, 0.15) is 0 Å². The van der Waals surface area contributed by atoms with Crippen molar-refractivity contribution >= 4 is 11.3 Å². The van der Waals surface area contributed by atoms with Crippen molar-refractivity contribution in [3.8, 4) is 11.3 Å². The third-order valence-electron chi connectivity index (χ3n) is 1.60. The molecule has 0 N–H and O–H groups in total. The van der Waals surface area contributed by atoms with Crippen LogP contribution in [0.3, 0.4) is 0 Å². The minimum atomic E-state index is -0.856. The monoisotopic (exact) mass is 203 g/mol. The van der Waals surface area contributed by atoms with Crippen LogP contribution in [0.4, 0.5) is 8.78 Å². The fourth-order valence-electron chi connectivity index (χ4n) is 0.972. The van der Waals surface area contributed by atoms with Crippen molar-refractivity contribution in [3.05, 3.63) is 40.7 Å². The van der Waals surface area contributed by atoms with Crippen molar-refractivity contribution in [2.75, 3.05) is 0 Å². The minimum Gasteiger partial charge on any atom is -0.386 e. The van der Waals surface area contributed by atoms with Gasteiger partial charge in [0.2, 0.25) is 0 Å². The van der Waals surface area contributed by atoms with Crippen LogP contribution in [0.2, 0.25) is 0 Å². The smallest absolute Gasteiger partial charge is 0.386 e. The molecule has 0 amide bonds. The molecule has 1 aromatic heterocycles. The van der Waals surface area contributed by atoms with E-state index in [1.54, 1.807) is 5.38 Å². The summed E-state index contributed by atoms with van der Waals surface area (Å²) in [6.07, 6.45) is 0. The van der Waals surface area contributed by atoms with Gasteiger partial charge in [0.15, 0.2) is 11.6 Å². The second-order valence-corrected chi connectivity index (χ2v) is 3.11. The van der Waals surface area contributed by atoms with Crippen LogP contribution >= 0.6 is 11.3 Å². The number of rotatable bonds is 1. The minimum absolute atomic E-state index is 0. The molecule has 0 radical (unpaired) electrons. The molecular weight excluding hydrogens is 199 g/mol. The number of aromatic nitrogens is 1. The van der Waals surface area contributed by atoms with Crippen molar-refractivity contribution in [2.24, 2.45) is 0 Å². The molecule has 0 aliphatic rings. The molecule has 0 atom stereocenters. The normalized spacial score (nSPS) is 9.57. The van der Waals surface area contributed by atoms with Crippen LogP contribution in [0, 0.1) is 17.1 Å². The summed E-state index contributed by atoms with van der Waals surface area (Å²) in [5.41, 5.74) is 3.82. The van der Waals surface area contributed by atoms with Gasteiger partial charge < -0.3 is 4.98 Å². The third-order valence-corrected chi connectivity index (χ3v) is 2.14. The van der Waals surface area contributed by atoms with Gasteiger partial charge in [0.25, 0.3) is 0 Å². The summed E-state index contributed by atoms with van der Waals surface area (Å²) in [6.45, 7) is 0. The molecule has 0 aliphatic carbocycles. The number of halogens is 2. The molecule has 14 heavy (non-hydrogen) atoms. The standard InChI is InChI=1S/C9H4F2NS.Li/c10-7-2-1-6(3-8(7)11)9-4-13-5-12-9;/h1-4H;/q-1;+1. The van der Waals surface area contributed by atoms with Gasteiger partial charge in [-0.1, -0.05) is 17.3 Å². The Morgan fingerprint density at radius 2 is 2.00 bits per heavy atom. The molecule has 1 heterocycles. The van der Waals surface area contributed by atoms with E-state index in [-0.39, 0.29) is 18.9 Å². The average Bonchev–Trinajstić information content (AvgIpc) is 2.62. The summed E-state index contributed by atoms with van der Waals surface area (Å²) < 4.78 is 25.3. The first-order chi connectivity index (χ1) is 6.27. The molecule has 5 heteroatoms. The largest absolute Gasteiger partial charge is 1.00 e. The Kier molecular flexibility index (Phi) is 3.82. The summed E-state index contributed by atoms with van der Waals surface area (Å²) in [5.74, 6) is -1.70. The molecule has 1 aromatic carbocycles. The quantitative estimate of drug-likeness (QED) is 0.465. The Labute approximate surface area is 96.0 Å². The Morgan fingerprint density at radius 3 is 2.57 bits per heavy atom. The van der Waals surface area contributed by atoms with E-state index in [1.807, 2.05) is 0 Å². The van der Waals surface area contributed by atoms with E-state index < -0.39 is 11.6 Å². The maximum atomic E-state index is 12.8. The molecule has 0 unspecified atom stereocenters. The van der Waals surface area contributed by atoms with Crippen LogP contribution in [-0.4, -0.2) is 4.98 Å². The van der Waals surface area contributed by atoms with E-state index >= 15 is 0 Å². The van der Waals surface area contributed by atoms with Crippen molar-refractivity contribution in [1.29, 1.82) is 0 Å². The zero-order valence-electron chi connectivity index (χ0n) is 7.42. The van der Waals surface area contributed by atoms with Gasteiger partial charge in [0.05, 0.1) is 0 Å². The van der Waals surface area contributed by atoms with Crippen molar-refractivity contribution in [1.82, 2.24) is 4.98 Å². The molecule has 1 nitrogen and oxygen atoms in total. The number of hydrogen-bond acceptors (Lipinski definition) is 2. The first kappa shape index (κ1) is 11.4. The van der Waals surface area contributed by atoms with E-state index in [4.69, 9.17) is 0 Å². The predicted molar refractivity (Wildman–Crippen MR) is 46.3 cm³/mol. The molecule has 0 bridgehead atoms. The zero-order chi connectivity index (χ0) is 9.26. The van der Waals surface area contributed by atoms with Crippen molar-refractivity contribution < 1.29 is 27.6 Å². The number of benzene rings is 1. The topological polar surface area (TPSA) is 12.9 Å². The Hall–Kier alpha value is -0.693. The summed E-state index contributed by atoms with van der Waals surface area (Å²) in [7, 11) is 0. The second-order valence-electron chi connectivity index (χ2n) is 2.45. The van der Waals surface area contributed by atoms with Crippen LogP contribution in [0.25, 0.3) is 11.3 Å². The van der Waals surface area contributed by atoms with Gasteiger partial charge in [-0.15, -0.1) is 5.38 Å². The van der Waals surface area contributed by atoms with E-state index in [9.17, 15) is 8.78 Å². The first-order valence-electron chi connectivity index (χ1n) is 3.54. The van der Waals surface area contributed by atoms with Crippen LogP contribution in [0.15, 0.2) is 23.6 Å². The van der Waals surface area contributed by atoms with Gasteiger partial charge >= 0.3 is 18.9 Å². The SMILES string of the molecule is Fc1ccc(-c2cs[c-]n2)cc1F.[Li+]. The van der Waals surface area contributed by atoms with Gasteiger partial charge in [-0.05, 0) is 17.6 Å². The number of hydrogen-bond donors (Lipinski definition) is 0. The van der Waals surface area contributed by atoms with Gasteiger partial charge in [0, 0.05) is 0 Å².